The minimum absolute atomic E-state index is 0.0360. The smallest absolute Gasteiger partial charge is 0.251 e. The summed E-state index contributed by atoms with van der Waals surface area (Å²) in [5.74, 6) is 0.383. The Balaban J connectivity index is 1.58. The lowest BCUT2D eigenvalue weighted by atomic mass is 10.1. The molecule has 0 unspecified atom stereocenters. The fourth-order valence-electron chi connectivity index (χ4n) is 3.05. The fourth-order valence-corrected chi connectivity index (χ4v) is 4.83. The van der Waals surface area contributed by atoms with Crippen molar-refractivity contribution >= 4 is 39.1 Å². The SMILES string of the molecule is O=C(NC1CC1)c1ccc(CN(Cc2ccco2)S(=O)(=O)c2ccc(Cl)c(Cl)c2)cc1. The summed E-state index contributed by atoms with van der Waals surface area (Å²) in [7, 11) is -3.90. The van der Waals surface area contributed by atoms with Crippen LogP contribution in [0.15, 0.2) is 70.2 Å². The van der Waals surface area contributed by atoms with Gasteiger partial charge >= 0.3 is 0 Å². The maximum absolute atomic E-state index is 13.3. The van der Waals surface area contributed by atoms with Gasteiger partial charge in [0.1, 0.15) is 5.76 Å². The van der Waals surface area contributed by atoms with E-state index < -0.39 is 10.0 Å². The highest BCUT2D eigenvalue weighted by atomic mass is 35.5. The van der Waals surface area contributed by atoms with Crippen molar-refractivity contribution in [2.75, 3.05) is 0 Å². The van der Waals surface area contributed by atoms with Crippen LogP contribution >= 0.6 is 23.2 Å². The number of halogens is 2. The first-order valence-electron chi connectivity index (χ1n) is 9.70. The van der Waals surface area contributed by atoms with Gasteiger partial charge in [-0.25, -0.2) is 8.42 Å². The van der Waals surface area contributed by atoms with Crippen molar-refractivity contribution in [1.82, 2.24) is 9.62 Å². The minimum Gasteiger partial charge on any atom is -0.468 e. The first-order valence-corrected chi connectivity index (χ1v) is 11.9. The van der Waals surface area contributed by atoms with Gasteiger partial charge in [-0.05, 0) is 60.9 Å². The summed E-state index contributed by atoms with van der Waals surface area (Å²) < 4.78 is 33.4. The van der Waals surface area contributed by atoms with E-state index in [0.717, 1.165) is 18.4 Å². The molecule has 0 saturated heterocycles. The molecule has 1 amide bonds. The molecule has 2 aromatic carbocycles. The van der Waals surface area contributed by atoms with Crippen molar-refractivity contribution in [3.8, 4) is 0 Å². The number of rotatable bonds is 8. The predicted molar refractivity (Wildman–Crippen MR) is 119 cm³/mol. The van der Waals surface area contributed by atoms with E-state index in [2.05, 4.69) is 5.32 Å². The number of hydrogen-bond acceptors (Lipinski definition) is 4. The van der Waals surface area contributed by atoms with Crippen molar-refractivity contribution in [3.05, 3.63) is 87.8 Å². The summed E-state index contributed by atoms with van der Waals surface area (Å²) in [6.07, 6.45) is 3.52. The molecule has 1 N–H and O–H groups in total. The minimum atomic E-state index is -3.90. The number of amides is 1. The lowest BCUT2D eigenvalue weighted by molar-refractivity contribution is 0.0951. The van der Waals surface area contributed by atoms with Crippen molar-refractivity contribution in [1.29, 1.82) is 0 Å². The average molecular weight is 479 g/mol. The molecular formula is C22H20Cl2N2O4S. The molecule has 1 aromatic heterocycles. The van der Waals surface area contributed by atoms with Gasteiger partial charge in [0, 0.05) is 18.2 Å². The molecule has 1 aliphatic carbocycles. The highest BCUT2D eigenvalue weighted by Crippen LogP contribution is 2.28. The van der Waals surface area contributed by atoms with Gasteiger partial charge in [-0.2, -0.15) is 4.31 Å². The summed E-state index contributed by atoms with van der Waals surface area (Å²) in [6.45, 7) is 0.132. The lowest BCUT2D eigenvalue weighted by Crippen LogP contribution is -2.30. The molecular weight excluding hydrogens is 459 g/mol. The Bertz CT molecular complexity index is 1170. The molecule has 1 aliphatic rings. The van der Waals surface area contributed by atoms with Crippen LogP contribution in [0.5, 0.6) is 0 Å². The number of nitrogens with zero attached hydrogens (tertiary/aromatic N) is 1. The second kappa shape index (κ2) is 9.04. The van der Waals surface area contributed by atoms with Gasteiger partial charge < -0.3 is 9.73 Å². The quantitative estimate of drug-likeness (QED) is 0.500. The summed E-state index contributed by atoms with van der Waals surface area (Å²) in [4.78, 5) is 12.2. The molecule has 162 valence electrons. The van der Waals surface area contributed by atoms with Gasteiger partial charge in [0.2, 0.25) is 10.0 Å². The van der Waals surface area contributed by atoms with E-state index in [0.29, 0.717) is 11.3 Å². The number of carbonyl (C=O) groups is 1. The molecule has 1 heterocycles. The Labute approximate surface area is 190 Å². The first kappa shape index (κ1) is 21.9. The molecule has 1 saturated carbocycles. The third-order valence-corrected chi connectivity index (χ3v) is 7.46. The summed E-state index contributed by atoms with van der Waals surface area (Å²) in [5.41, 5.74) is 1.28. The Kier molecular flexibility index (Phi) is 6.39. The van der Waals surface area contributed by atoms with Crippen LogP contribution in [0.3, 0.4) is 0 Å². The monoisotopic (exact) mass is 478 g/mol. The zero-order valence-electron chi connectivity index (χ0n) is 16.4. The summed E-state index contributed by atoms with van der Waals surface area (Å²) >= 11 is 12.0. The van der Waals surface area contributed by atoms with Gasteiger partial charge in [0.15, 0.2) is 0 Å². The van der Waals surface area contributed by atoms with Crippen molar-refractivity contribution in [3.63, 3.8) is 0 Å². The van der Waals surface area contributed by atoms with E-state index in [4.69, 9.17) is 27.6 Å². The zero-order valence-corrected chi connectivity index (χ0v) is 18.8. The van der Waals surface area contributed by atoms with Gasteiger partial charge in [-0.15, -0.1) is 0 Å². The molecule has 31 heavy (non-hydrogen) atoms. The summed E-state index contributed by atoms with van der Waals surface area (Å²) in [6, 6.07) is 14.8. The van der Waals surface area contributed by atoms with Crippen LogP contribution in [0, 0.1) is 0 Å². The largest absolute Gasteiger partial charge is 0.468 e. The van der Waals surface area contributed by atoms with E-state index in [1.807, 2.05) is 0 Å². The Hall–Kier alpha value is -2.32. The number of sulfonamides is 1. The molecule has 1 fully saturated rings. The van der Waals surface area contributed by atoms with Crippen LogP contribution in [-0.4, -0.2) is 24.7 Å². The highest BCUT2D eigenvalue weighted by molar-refractivity contribution is 7.89. The van der Waals surface area contributed by atoms with Gasteiger partial charge in [-0.1, -0.05) is 35.3 Å². The van der Waals surface area contributed by atoms with Crippen LogP contribution in [0.2, 0.25) is 10.0 Å². The highest BCUT2D eigenvalue weighted by Gasteiger charge is 2.27. The van der Waals surface area contributed by atoms with E-state index in [9.17, 15) is 13.2 Å². The molecule has 0 radical (unpaired) electrons. The van der Waals surface area contributed by atoms with Crippen LogP contribution in [0.4, 0.5) is 0 Å². The second-order valence-corrected chi connectivity index (χ2v) is 10.1. The molecule has 4 rings (SSSR count). The van der Waals surface area contributed by atoms with Crippen LogP contribution in [0.1, 0.15) is 34.5 Å². The maximum atomic E-state index is 13.3. The number of furan rings is 1. The van der Waals surface area contributed by atoms with E-state index in [1.54, 1.807) is 36.4 Å². The fraction of sp³-hybridized carbons (Fsp3) is 0.227. The third-order valence-electron chi connectivity index (χ3n) is 4.93. The third kappa shape index (κ3) is 5.30. The van der Waals surface area contributed by atoms with Gasteiger partial charge in [-0.3, -0.25) is 4.79 Å². The van der Waals surface area contributed by atoms with E-state index in [1.165, 1.54) is 28.8 Å². The molecule has 0 bridgehead atoms. The Morgan fingerprint density at radius 3 is 2.39 bits per heavy atom. The molecule has 0 atom stereocenters. The van der Waals surface area contributed by atoms with Crippen LogP contribution in [-0.2, 0) is 23.1 Å². The first-order chi connectivity index (χ1) is 14.8. The molecule has 9 heteroatoms. The average Bonchev–Trinajstić information content (AvgIpc) is 3.41. The van der Waals surface area contributed by atoms with Crippen LogP contribution < -0.4 is 5.32 Å². The second-order valence-electron chi connectivity index (χ2n) is 7.37. The number of hydrogen-bond donors (Lipinski definition) is 1. The molecule has 0 aliphatic heterocycles. The maximum Gasteiger partial charge on any atom is 0.251 e. The normalized spacial score (nSPS) is 14.0. The van der Waals surface area contributed by atoms with Crippen molar-refractivity contribution < 1.29 is 17.6 Å². The van der Waals surface area contributed by atoms with Gasteiger partial charge in [0.05, 0.1) is 27.7 Å². The molecule has 3 aromatic rings. The Morgan fingerprint density at radius 1 is 1.03 bits per heavy atom. The lowest BCUT2D eigenvalue weighted by Gasteiger charge is -2.22. The van der Waals surface area contributed by atoms with E-state index >= 15 is 0 Å². The van der Waals surface area contributed by atoms with E-state index in [-0.39, 0.29) is 40.0 Å². The zero-order chi connectivity index (χ0) is 22.0. The van der Waals surface area contributed by atoms with Gasteiger partial charge in [0.25, 0.3) is 5.91 Å². The van der Waals surface area contributed by atoms with Crippen LogP contribution in [0.25, 0.3) is 0 Å². The predicted octanol–water partition coefficient (Wildman–Crippen LogP) is 4.87. The number of carbonyl (C=O) groups excluding carboxylic acids is 1. The molecule has 0 spiro atoms. The molecule has 6 nitrogen and oxygen atoms in total. The number of benzene rings is 2. The topological polar surface area (TPSA) is 79.6 Å². The van der Waals surface area contributed by atoms with Crippen molar-refractivity contribution in [2.45, 2.75) is 36.9 Å². The Morgan fingerprint density at radius 2 is 1.77 bits per heavy atom. The number of nitrogens with one attached hydrogen (secondary N) is 1. The summed E-state index contributed by atoms with van der Waals surface area (Å²) in [5, 5.41) is 3.37. The standard InChI is InChI=1S/C22H20Cl2N2O4S/c23-20-10-9-19(12-21(20)24)31(28,29)26(14-18-2-1-11-30-18)13-15-3-5-16(6-4-15)22(27)25-17-7-8-17/h1-6,9-12,17H,7-8,13-14H2,(H,25,27). The van der Waals surface area contributed by atoms with Crippen molar-refractivity contribution in [2.24, 2.45) is 0 Å².